The first-order valence-corrected chi connectivity index (χ1v) is 8.94. The van der Waals surface area contributed by atoms with Crippen molar-refractivity contribution in [1.29, 1.82) is 0 Å². The maximum atomic E-state index is 5.66. The summed E-state index contributed by atoms with van der Waals surface area (Å²) in [5.41, 5.74) is 4.61. The normalized spacial score (nSPS) is 14.2. The molecule has 0 amide bonds. The SMILES string of the molecule is Cc1c(C(C)NCc2ccc3c(c2)OCCO3)cnn1-c1ccccc1. The summed E-state index contributed by atoms with van der Waals surface area (Å²) in [7, 11) is 0. The van der Waals surface area contributed by atoms with E-state index in [2.05, 4.69) is 48.5 Å². The molecule has 4 rings (SSSR count). The van der Waals surface area contributed by atoms with Crippen molar-refractivity contribution >= 4 is 0 Å². The van der Waals surface area contributed by atoms with Crippen LogP contribution in [0.3, 0.4) is 0 Å². The van der Waals surface area contributed by atoms with E-state index >= 15 is 0 Å². The number of benzene rings is 2. The molecule has 5 nitrogen and oxygen atoms in total. The van der Waals surface area contributed by atoms with Crippen LogP contribution in [0.4, 0.5) is 0 Å². The summed E-state index contributed by atoms with van der Waals surface area (Å²) in [6.07, 6.45) is 1.95. The Labute approximate surface area is 153 Å². The lowest BCUT2D eigenvalue weighted by molar-refractivity contribution is 0.171. The molecule has 1 N–H and O–H groups in total. The van der Waals surface area contributed by atoms with Crippen LogP contribution in [0, 0.1) is 6.92 Å². The number of hydrogen-bond acceptors (Lipinski definition) is 4. The highest BCUT2D eigenvalue weighted by molar-refractivity contribution is 5.44. The molecule has 0 spiro atoms. The zero-order valence-electron chi connectivity index (χ0n) is 15.1. The second kappa shape index (κ2) is 7.22. The largest absolute Gasteiger partial charge is 0.486 e. The van der Waals surface area contributed by atoms with Crippen molar-refractivity contribution in [2.45, 2.75) is 26.4 Å². The highest BCUT2D eigenvalue weighted by atomic mass is 16.6. The fourth-order valence-corrected chi connectivity index (χ4v) is 3.26. The first kappa shape index (κ1) is 16.7. The van der Waals surface area contributed by atoms with E-state index in [1.54, 1.807) is 0 Å². The molecule has 3 aromatic rings. The number of fused-ring (bicyclic) bond motifs is 1. The minimum absolute atomic E-state index is 0.195. The smallest absolute Gasteiger partial charge is 0.161 e. The van der Waals surface area contributed by atoms with Crippen LogP contribution < -0.4 is 14.8 Å². The molecule has 0 radical (unpaired) electrons. The van der Waals surface area contributed by atoms with Gasteiger partial charge in [0, 0.05) is 23.8 Å². The topological polar surface area (TPSA) is 48.3 Å². The molecule has 134 valence electrons. The van der Waals surface area contributed by atoms with Gasteiger partial charge in [0.2, 0.25) is 0 Å². The zero-order valence-corrected chi connectivity index (χ0v) is 15.1. The van der Waals surface area contributed by atoms with Crippen molar-refractivity contribution in [2.24, 2.45) is 0 Å². The third-order valence-electron chi connectivity index (χ3n) is 4.73. The van der Waals surface area contributed by atoms with Gasteiger partial charge in [-0.1, -0.05) is 24.3 Å². The molecule has 1 aliphatic heterocycles. The predicted octanol–water partition coefficient (Wildman–Crippen LogP) is 3.80. The van der Waals surface area contributed by atoms with Crippen LogP contribution in [0.5, 0.6) is 11.5 Å². The van der Waals surface area contributed by atoms with Crippen molar-refractivity contribution in [2.75, 3.05) is 13.2 Å². The number of para-hydroxylation sites is 1. The van der Waals surface area contributed by atoms with Crippen molar-refractivity contribution in [3.8, 4) is 17.2 Å². The van der Waals surface area contributed by atoms with Crippen molar-refractivity contribution in [3.05, 3.63) is 71.5 Å². The fraction of sp³-hybridized carbons (Fsp3) is 0.286. The molecule has 1 aliphatic rings. The van der Waals surface area contributed by atoms with Crippen LogP contribution >= 0.6 is 0 Å². The molecule has 0 aliphatic carbocycles. The fourth-order valence-electron chi connectivity index (χ4n) is 3.26. The Hall–Kier alpha value is -2.79. The average Bonchev–Trinajstić information content (AvgIpc) is 3.08. The van der Waals surface area contributed by atoms with Gasteiger partial charge < -0.3 is 14.8 Å². The van der Waals surface area contributed by atoms with Gasteiger partial charge in [-0.15, -0.1) is 0 Å². The number of nitrogens with zero attached hydrogens (tertiary/aromatic N) is 2. The van der Waals surface area contributed by atoms with E-state index in [1.165, 1.54) is 11.1 Å². The van der Waals surface area contributed by atoms with Crippen LogP contribution in [0.2, 0.25) is 0 Å². The maximum Gasteiger partial charge on any atom is 0.161 e. The summed E-state index contributed by atoms with van der Waals surface area (Å²) in [5, 5.41) is 8.14. The summed E-state index contributed by atoms with van der Waals surface area (Å²) in [6.45, 7) is 6.26. The predicted molar refractivity (Wildman–Crippen MR) is 101 cm³/mol. The number of aromatic nitrogens is 2. The third kappa shape index (κ3) is 3.30. The monoisotopic (exact) mass is 349 g/mol. The zero-order chi connectivity index (χ0) is 17.9. The lowest BCUT2D eigenvalue weighted by atomic mass is 10.1. The highest BCUT2D eigenvalue weighted by Gasteiger charge is 2.15. The van der Waals surface area contributed by atoms with E-state index in [9.17, 15) is 0 Å². The van der Waals surface area contributed by atoms with E-state index in [0.717, 1.165) is 29.4 Å². The number of nitrogens with one attached hydrogen (secondary N) is 1. The lowest BCUT2D eigenvalue weighted by Crippen LogP contribution is -2.19. The molecule has 26 heavy (non-hydrogen) atoms. The van der Waals surface area contributed by atoms with Crippen molar-refractivity contribution in [3.63, 3.8) is 0 Å². The molecule has 5 heteroatoms. The summed E-state index contributed by atoms with van der Waals surface area (Å²) < 4.78 is 13.2. The third-order valence-corrected chi connectivity index (χ3v) is 4.73. The van der Waals surface area contributed by atoms with Gasteiger partial charge in [-0.25, -0.2) is 4.68 Å². The van der Waals surface area contributed by atoms with Gasteiger partial charge in [0.1, 0.15) is 13.2 Å². The van der Waals surface area contributed by atoms with Crippen molar-refractivity contribution < 1.29 is 9.47 Å². The molecule has 0 saturated carbocycles. The maximum absolute atomic E-state index is 5.66. The van der Waals surface area contributed by atoms with E-state index in [4.69, 9.17) is 9.47 Å². The molecule has 1 aromatic heterocycles. The summed E-state index contributed by atoms with van der Waals surface area (Å²) in [5.74, 6) is 1.66. The Morgan fingerprint density at radius 2 is 1.85 bits per heavy atom. The highest BCUT2D eigenvalue weighted by Crippen LogP contribution is 2.31. The number of hydrogen-bond donors (Lipinski definition) is 1. The molecule has 0 bridgehead atoms. The second-order valence-corrected chi connectivity index (χ2v) is 6.51. The van der Waals surface area contributed by atoms with E-state index in [1.807, 2.05) is 35.1 Å². The second-order valence-electron chi connectivity index (χ2n) is 6.51. The van der Waals surface area contributed by atoms with Gasteiger partial charge in [-0.2, -0.15) is 5.10 Å². The van der Waals surface area contributed by atoms with E-state index in [-0.39, 0.29) is 6.04 Å². The van der Waals surface area contributed by atoms with Gasteiger partial charge in [-0.3, -0.25) is 0 Å². The van der Waals surface area contributed by atoms with Gasteiger partial charge >= 0.3 is 0 Å². The Bertz CT molecular complexity index is 890. The van der Waals surface area contributed by atoms with Crippen molar-refractivity contribution in [1.82, 2.24) is 15.1 Å². The quantitative estimate of drug-likeness (QED) is 0.761. The van der Waals surface area contributed by atoms with E-state index in [0.29, 0.717) is 13.2 Å². The first-order chi connectivity index (χ1) is 12.7. The minimum atomic E-state index is 0.195. The average molecular weight is 349 g/mol. The van der Waals surface area contributed by atoms with Crippen LogP contribution in [0.25, 0.3) is 5.69 Å². The van der Waals surface area contributed by atoms with Crippen LogP contribution in [-0.2, 0) is 6.54 Å². The van der Waals surface area contributed by atoms with Gasteiger partial charge in [-0.05, 0) is 43.7 Å². The molecule has 0 fully saturated rings. The standard InChI is InChI=1S/C21H23N3O2/c1-15(19-14-23-24(16(19)2)18-6-4-3-5-7-18)22-13-17-8-9-20-21(12-17)26-11-10-25-20/h3-9,12,14-15,22H,10-11,13H2,1-2H3. The van der Waals surface area contributed by atoms with Gasteiger partial charge in [0.05, 0.1) is 11.9 Å². The van der Waals surface area contributed by atoms with E-state index < -0.39 is 0 Å². The summed E-state index contributed by atoms with van der Waals surface area (Å²) in [4.78, 5) is 0. The van der Waals surface area contributed by atoms with Crippen LogP contribution in [0.15, 0.2) is 54.7 Å². The lowest BCUT2D eigenvalue weighted by Gasteiger charge is -2.19. The minimum Gasteiger partial charge on any atom is -0.486 e. The molecule has 2 heterocycles. The summed E-state index contributed by atoms with van der Waals surface area (Å²) >= 11 is 0. The molecule has 2 aromatic carbocycles. The Morgan fingerprint density at radius 3 is 2.65 bits per heavy atom. The van der Waals surface area contributed by atoms with Gasteiger partial charge in [0.25, 0.3) is 0 Å². The summed E-state index contributed by atoms with van der Waals surface area (Å²) in [6, 6.07) is 16.5. The Morgan fingerprint density at radius 1 is 1.08 bits per heavy atom. The van der Waals surface area contributed by atoms with Crippen LogP contribution in [0.1, 0.15) is 29.8 Å². The Kier molecular flexibility index (Phi) is 4.63. The van der Waals surface area contributed by atoms with Crippen LogP contribution in [-0.4, -0.2) is 23.0 Å². The molecular weight excluding hydrogens is 326 g/mol. The molecule has 0 saturated heterocycles. The molecular formula is C21H23N3O2. The number of rotatable bonds is 5. The molecule has 1 atom stereocenters. The Balaban J connectivity index is 1.46. The molecule has 1 unspecified atom stereocenters. The number of ether oxygens (including phenoxy) is 2. The first-order valence-electron chi connectivity index (χ1n) is 8.94. The van der Waals surface area contributed by atoms with Gasteiger partial charge in [0.15, 0.2) is 11.5 Å².